The molecule has 0 saturated carbocycles. The van der Waals surface area contributed by atoms with Crippen molar-refractivity contribution >= 4 is 12.1 Å². The molecule has 0 aromatic heterocycles. The van der Waals surface area contributed by atoms with E-state index < -0.39 is 0 Å². The third-order valence-electron chi connectivity index (χ3n) is 2.90. The predicted molar refractivity (Wildman–Crippen MR) is 77.3 cm³/mol. The van der Waals surface area contributed by atoms with Crippen LogP contribution in [0, 0.1) is 5.82 Å². The summed E-state index contributed by atoms with van der Waals surface area (Å²) >= 11 is 0. The number of carbonyl (C=O) groups is 1. The van der Waals surface area contributed by atoms with E-state index in [0.717, 1.165) is 12.0 Å². The number of aryl methyl sites for hydroxylation is 1. The summed E-state index contributed by atoms with van der Waals surface area (Å²) in [7, 11) is 0. The van der Waals surface area contributed by atoms with Gasteiger partial charge in [0.15, 0.2) is 0 Å². The summed E-state index contributed by atoms with van der Waals surface area (Å²) in [5.74, 6) is -0.696. The average molecular weight is 270 g/mol. The van der Waals surface area contributed by atoms with Crippen molar-refractivity contribution in [3.63, 3.8) is 0 Å². The van der Waals surface area contributed by atoms with Crippen molar-refractivity contribution in [1.29, 1.82) is 0 Å². The highest BCUT2D eigenvalue weighted by Crippen LogP contribution is 2.05. The molecule has 0 aliphatic rings. The van der Waals surface area contributed by atoms with Crippen LogP contribution in [0.3, 0.4) is 0 Å². The first-order valence-corrected chi connectivity index (χ1v) is 6.37. The lowest BCUT2D eigenvalue weighted by molar-refractivity contribution is 0.0955. The molecule has 0 spiro atoms. The van der Waals surface area contributed by atoms with Crippen LogP contribution in [-0.4, -0.2) is 12.1 Å². The van der Waals surface area contributed by atoms with Crippen molar-refractivity contribution in [3.05, 3.63) is 71.0 Å². The molecule has 3 nitrogen and oxygen atoms in total. The summed E-state index contributed by atoms with van der Waals surface area (Å²) in [6.07, 6.45) is 2.21. The fourth-order valence-electron chi connectivity index (χ4n) is 1.70. The van der Waals surface area contributed by atoms with E-state index in [1.165, 1.54) is 12.3 Å². The van der Waals surface area contributed by atoms with Crippen LogP contribution in [-0.2, 0) is 6.42 Å². The summed E-state index contributed by atoms with van der Waals surface area (Å²) in [5, 5.41) is 3.76. The Bertz CT molecular complexity index is 621. The lowest BCUT2D eigenvalue weighted by atomic mass is 10.1. The van der Waals surface area contributed by atoms with Gasteiger partial charge in [-0.25, -0.2) is 9.82 Å². The Morgan fingerprint density at radius 1 is 1.20 bits per heavy atom. The molecule has 0 fully saturated rings. The minimum absolute atomic E-state index is 0.319. The Morgan fingerprint density at radius 3 is 2.55 bits per heavy atom. The number of benzene rings is 2. The minimum Gasteiger partial charge on any atom is -0.267 e. The number of nitrogens with one attached hydrogen (secondary N) is 1. The summed E-state index contributed by atoms with van der Waals surface area (Å²) in [5.41, 5.74) is 4.39. The third-order valence-corrected chi connectivity index (χ3v) is 2.90. The van der Waals surface area contributed by atoms with Gasteiger partial charge in [-0.05, 0) is 30.2 Å². The minimum atomic E-state index is -0.377. The van der Waals surface area contributed by atoms with Gasteiger partial charge in [0.2, 0.25) is 0 Å². The molecule has 0 unspecified atom stereocenters. The van der Waals surface area contributed by atoms with Crippen molar-refractivity contribution in [1.82, 2.24) is 5.43 Å². The first kappa shape index (κ1) is 13.9. The van der Waals surface area contributed by atoms with Crippen LogP contribution < -0.4 is 5.43 Å². The Labute approximate surface area is 117 Å². The number of amides is 1. The van der Waals surface area contributed by atoms with E-state index in [-0.39, 0.29) is 11.7 Å². The van der Waals surface area contributed by atoms with E-state index >= 15 is 0 Å². The molecule has 1 N–H and O–H groups in total. The highest BCUT2D eigenvalue weighted by Gasteiger charge is 2.03. The van der Waals surface area contributed by atoms with Crippen LogP contribution in [0.2, 0.25) is 0 Å². The molecule has 0 saturated heterocycles. The largest absolute Gasteiger partial charge is 0.271 e. The van der Waals surface area contributed by atoms with Gasteiger partial charge in [0.1, 0.15) is 5.82 Å². The molecule has 2 aromatic rings. The molecular weight excluding hydrogens is 255 g/mol. The molecule has 20 heavy (non-hydrogen) atoms. The van der Waals surface area contributed by atoms with E-state index in [4.69, 9.17) is 0 Å². The normalized spacial score (nSPS) is 10.7. The number of hydrazone groups is 1. The zero-order valence-electron chi connectivity index (χ0n) is 11.1. The lowest BCUT2D eigenvalue weighted by Crippen LogP contribution is -2.17. The molecule has 0 atom stereocenters. The second-order valence-electron chi connectivity index (χ2n) is 4.27. The van der Waals surface area contributed by atoms with Gasteiger partial charge in [0.25, 0.3) is 5.91 Å². The number of rotatable bonds is 4. The molecule has 2 rings (SSSR count). The maximum Gasteiger partial charge on any atom is 0.271 e. The van der Waals surface area contributed by atoms with E-state index in [2.05, 4.69) is 10.5 Å². The lowest BCUT2D eigenvalue weighted by Gasteiger charge is -2.01. The molecular formula is C16H15FN2O. The van der Waals surface area contributed by atoms with Crippen LogP contribution in [0.4, 0.5) is 4.39 Å². The maximum absolute atomic E-state index is 13.3. The van der Waals surface area contributed by atoms with Gasteiger partial charge in [-0.15, -0.1) is 0 Å². The molecule has 0 heterocycles. The number of nitrogens with zero attached hydrogens (tertiary/aromatic N) is 1. The first-order valence-electron chi connectivity index (χ1n) is 6.37. The summed E-state index contributed by atoms with van der Waals surface area (Å²) in [6.45, 7) is 2.05. The Balaban J connectivity index is 1.99. The molecule has 0 bridgehead atoms. The third kappa shape index (κ3) is 3.51. The molecule has 0 radical (unpaired) electrons. The maximum atomic E-state index is 13.3. The van der Waals surface area contributed by atoms with Gasteiger partial charge in [-0.3, -0.25) is 4.79 Å². The zero-order chi connectivity index (χ0) is 14.4. The Hall–Kier alpha value is -2.49. The molecule has 0 aliphatic heterocycles. The first-order chi connectivity index (χ1) is 9.70. The Morgan fingerprint density at radius 2 is 1.90 bits per heavy atom. The van der Waals surface area contributed by atoms with E-state index in [9.17, 15) is 9.18 Å². The average Bonchev–Trinajstić information content (AvgIpc) is 2.49. The summed E-state index contributed by atoms with van der Waals surface area (Å²) < 4.78 is 13.3. The topological polar surface area (TPSA) is 41.5 Å². The van der Waals surface area contributed by atoms with Crippen molar-refractivity contribution in [3.8, 4) is 0 Å². The van der Waals surface area contributed by atoms with Gasteiger partial charge in [0, 0.05) is 11.1 Å². The molecule has 2 aromatic carbocycles. The van der Waals surface area contributed by atoms with Crippen LogP contribution in [0.25, 0.3) is 0 Å². The van der Waals surface area contributed by atoms with Crippen molar-refractivity contribution in [2.75, 3.05) is 0 Å². The molecule has 1 amide bonds. The van der Waals surface area contributed by atoms with Gasteiger partial charge in [0.05, 0.1) is 6.21 Å². The molecule has 0 aliphatic carbocycles. The fourth-order valence-corrected chi connectivity index (χ4v) is 1.70. The molecule has 4 heteroatoms. The summed E-state index contributed by atoms with van der Waals surface area (Å²) in [4.78, 5) is 11.8. The van der Waals surface area contributed by atoms with Crippen molar-refractivity contribution in [2.24, 2.45) is 5.10 Å². The Kier molecular flexibility index (Phi) is 4.60. The van der Waals surface area contributed by atoms with Crippen LogP contribution in [0.5, 0.6) is 0 Å². The highest BCUT2D eigenvalue weighted by molar-refractivity contribution is 5.94. The predicted octanol–water partition coefficient (Wildman–Crippen LogP) is 3.15. The summed E-state index contributed by atoms with van der Waals surface area (Å²) in [6, 6.07) is 13.5. The van der Waals surface area contributed by atoms with Gasteiger partial charge >= 0.3 is 0 Å². The van der Waals surface area contributed by atoms with Crippen molar-refractivity contribution < 1.29 is 9.18 Å². The second kappa shape index (κ2) is 6.61. The zero-order valence-corrected chi connectivity index (χ0v) is 11.1. The van der Waals surface area contributed by atoms with Gasteiger partial charge in [-0.1, -0.05) is 37.3 Å². The SMILES string of the molecule is CCc1ccc(C(=O)N/N=C\c2ccccc2F)cc1. The number of hydrogen-bond acceptors (Lipinski definition) is 2. The standard InChI is InChI=1S/C16H15FN2O/c1-2-12-7-9-13(10-8-12)16(20)19-18-11-14-5-3-4-6-15(14)17/h3-11H,2H2,1H3,(H,19,20)/b18-11-. The van der Waals surface area contributed by atoms with E-state index in [0.29, 0.717) is 11.1 Å². The van der Waals surface area contributed by atoms with E-state index in [1.807, 2.05) is 19.1 Å². The molecule has 102 valence electrons. The van der Waals surface area contributed by atoms with Crippen LogP contribution >= 0.6 is 0 Å². The monoisotopic (exact) mass is 270 g/mol. The quantitative estimate of drug-likeness (QED) is 0.673. The number of hydrogen-bond donors (Lipinski definition) is 1. The van der Waals surface area contributed by atoms with Crippen molar-refractivity contribution in [2.45, 2.75) is 13.3 Å². The number of carbonyl (C=O) groups excluding carboxylic acids is 1. The highest BCUT2D eigenvalue weighted by atomic mass is 19.1. The smallest absolute Gasteiger partial charge is 0.267 e. The fraction of sp³-hybridized carbons (Fsp3) is 0.125. The second-order valence-corrected chi connectivity index (χ2v) is 4.27. The number of halogens is 1. The van der Waals surface area contributed by atoms with E-state index in [1.54, 1.807) is 30.3 Å². The van der Waals surface area contributed by atoms with Gasteiger partial charge < -0.3 is 0 Å². The van der Waals surface area contributed by atoms with Crippen LogP contribution in [0.15, 0.2) is 53.6 Å². The van der Waals surface area contributed by atoms with Crippen LogP contribution in [0.1, 0.15) is 28.4 Å². The van der Waals surface area contributed by atoms with Gasteiger partial charge in [-0.2, -0.15) is 5.10 Å².